The predicted octanol–water partition coefficient (Wildman–Crippen LogP) is -1.25. The van der Waals surface area contributed by atoms with Crippen molar-refractivity contribution in [3.8, 4) is 0 Å². The van der Waals surface area contributed by atoms with Gasteiger partial charge in [0, 0.05) is 13.0 Å². The molecule has 0 radical (unpaired) electrons. The molecule has 2 amide bonds. The number of aromatic carboxylic acids is 1. The van der Waals surface area contributed by atoms with Crippen molar-refractivity contribution in [3.05, 3.63) is 11.9 Å². The van der Waals surface area contributed by atoms with Crippen LogP contribution in [-0.2, 0) is 16.1 Å². The molecule has 0 unspecified atom stereocenters. The lowest BCUT2D eigenvalue weighted by Gasteiger charge is -2.04. The van der Waals surface area contributed by atoms with E-state index in [-0.39, 0.29) is 24.1 Å². The number of rotatable bonds is 8. The molecule has 4 N–H and O–H groups in total. The summed E-state index contributed by atoms with van der Waals surface area (Å²) in [7, 11) is 0. The Kier molecular flexibility index (Phi) is 5.45. The summed E-state index contributed by atoms with van der Waals surface area (Å²) in [6, 6.07) is 0. The summed E-state index contributed by atoms with van der Waals surface area (Å²) in [4.78, 5) is 32.5. The number of carboxylic acids is 1. The molecule has 0 saturated heterocycles. The molecule has 9 heteroatoms. The Bertz CT molecular complexity index is 470. The van der Waals surface area contributed by atoms with Crippen LogP contribution in [0.3, 0.4) is 0 Å². The number of aromatic nitrogens is 3. The van der Waals surface area contributed by atoms with Gasteiger partial charge < -0.3 is 16.2 Å². The van der Waals surface area contributed by atoms with E-state index in [2.05, 4.69) is 15.6 Å². The Morgan fingerprint density at radius 1 is 1.37 bits per heavy atom. The van der Waals surface area contributed by atoms with Crippen LogP contribution in [-0.4, -0.2) is 44.4 Å². The number of unbranched alkanes of at least 4 members (excludes halogenated alkanes) is 1. The highest BCUT2D eigenvalue weighted by Crippen LogP contribution is 1.94. The van der Waals surface area contributed by atoms with E-state index in [9.17, 15) is 14.4 Å². The number of nitrogens with one attached hydrogen (secondary N) is 1. The Morgan fingerprint density at radius 2 is 2.11 bits per heavy atom. The molecule has 1 aromatic heterocycles. The van der Waals surface area contributed by atoms with Crippen molar-refractivity contribution in [2.75, 3.05) is 6.54 Å². The normalized spacial score (nSPS) is 10.1. The number of carboxylic acid groups (broad SMARTS) is 1. The van der Waals surface area contributed by atoms with Crippen LogP contribution in [0.4, 0.5) is 0 Å². The minimum absolute atomic E-state index is 0.101. The first kappa shape index (κ1) is 14.6. The second kappa shape index (κ2) is 7.09. The summed E-state index contributed by atoms with van der Waals surface area (Å²) in [5, 5.41) is 18.1. The number of nitrogens with zero attached hydrogens (tertiary/aromatic N) is 3. The molecule has 0 aliphatic heterocycles. The first-order valence-corrected chi connectivity index (χ1v) is 5.67. The van der Waals surface area contributed by atoms with Gasteiger partial charge in [0.1, 0.15) is 6.54 Å². The number of amides is 2. The molecule has 0 atom stereocenters. The molecular weight excluding hydrogens is 254 g/mol. The lowest BCUT2D eigenvalue weighted by atomic mass is 10.2. The van der Waals surface area contributed by atoms with E-state index in [0.29, 0.717) is 25.8 Å². The maximum absolute atomic E-state index is 11.4. The fourth-order valence-electron chi connectivity index (χ4n) is 1.33. The van der Waals surface area contributed by atoms with Crippen LogP contribution in [0.15, 0.2) is 6.20 Å². The lowest BCUT2D eigenvalue weighted by molar-refractivity contribution is -0.121. The topological polar surface area (TPSA) is 140 Å². The van der Waals surface area contributed by atoms with Crippen molar-refractivity contribution in [2.45, 2.75) is 25.8 Å². The highest BCUT2D eigenvalue weighted by atomic mass is 16.4. The Balaban J connectivity index is 2.23. The van der Waals surface area contributed by atoms with Crippen molar-refractivity contribution in [1.82, 2.24) is 20.3 Å². The fraction of sp³-hybridized carbons (Fsp3) is 0.500. The van der Waals surface area contributed by atoms with Crippen LogP contribution in [0.25, 0.3) is 0 Å². The average Bonchev–Trinajstić information content (AvgIpc) is 2.76. The molecule has 9 nitrogen and oxygen atoms in total. The highest BCUT2D eigenvalue weighted by molar-refractivity contribution is 5.84. The standard InChI is InChI=1S/C10H15N5O4/c11-8(16)3-1-2-4-12-9(17)6-15-5-7(10(18)19)13-14-15/h5H,1-4,6H2,(H2,11,16)(H,12,17)(H,18,19). The number of primary amides is 1. The lowest BCUT2D eigenvalue weighted by Crippen LogP contribution is -2.28. The van der Waals surface area contributed by atoms with Crippen LogP contribution in [0.2, 0.25) is 0 Å². The molecule has 0 spiro atoms. The molecule has 1 rings (SSSR count). The number of carbonyl (C=O) groups is 3. The number of carbonyl (C=O) groups excluding carboxylic acids is 2. The summed E-state index contributed by atoms with van der Waals surface area (Å²) in [5.41, 5.74) is 4.76. The van der Waals surface area contributed by atoms with Crippen molar-refractivity contribution in [1.29, 1.82) is 0 Å². The Labute approximate surface area is 108 Å². The first-order valence-electron chi connectivity index (χ1n) is 5.67. The first-order chi connectivity index (χ1) is 8.99. The zero-order chi connectivity index (χ0) is 14.3. The number of hydrogen-bond donors (Lipinski definition) is 3. The van der Waals surface area contributed by atoms with Gasteiger partial charge in [0.25, 0.3) is 0 Å². The molecule has 0 aliphatic carbocycles. The minimum atomic E-state index is -1.20. The maximum atomic E-state index is 11.4. The second-order valence-corrected chi connectivity index (χ2v) is 3.88. The number of nitrogens with two attached hydrogens (primary N) is 1. The maximum Gasteiger partial charge on any atom is 0.358 e. The third kappa shape index (κ3) is 5.61. The fourth-order valence-corrected chi connectivity index (χ4v) is 1.33. The van der Waals surface area contributed by atoms with Crippen molar-refractivity contribution >= 4 is 17.8 Å². The van der Waals surface area contributed by atoms with Crippen LogP contribution < -0.4 is 11.1 Å². The predicted molar refractivity (Wildman–Crippen MR) is 63.0 cm³/mol. The summed E-state index contributed by atoms with van der Waals surface area (Å²) < 4.78 is 1.14. The van der Waals surface area contributed by atoms with Gasteiger partial charge in [-0.1, -0.05) is 5.21 Å². The van der Waals surface area contributed by atoms with Crippen molar-refractivity contribution in [2.24, 2.45) is 5.73 Å². The monoisotopic (exact) mass is 269 g/mol. The molecule has 0 aromatic carbocycles. The van der Waals surface area contributed by atoms with E-state index in [1.807, 2.05) is 0 Å². The highest BCUT2D eigenvalue weighted by Gasteiger charge is 2.10. The van der Waals surface area contributed by atoms with Gasteiger partial charge in [-0.15, -0.1) is 5.10 Å². The van der Waals surface area contributed by atoms with E-state index in [0.717, 1.165) is 4.68 Å². The van der Waals surface area contributed by atoms with Crippen molar-refractivity contribution < 1.29 is 19.5 Å². The van der Waals surface area contributed by atoms with Crippen LogP contribution >= 0.6 is 0 Å². The largest absolute Gasteiger partial charge is 0.476 e. The molecule has 19 heavy (non-hydrogen) atoms. The molecule has 0 fully saturated rings. The van der Waals surface area contributed by atoms with Gasteiger partial charge in [0.2, 0.25) is 11.8 Å². The molecule has 0 aliphatic rings. The molecule has 1 heterocycles. The smallest absolute Gasteiger partial charge is 0.358 e. The van der Waals surface area contributed by atoms with Gasteiger partial charge in [0.15, 0.2) is 5.69 Å². The SMILES string of the molecule is NC(=O)CCCCNC(=O)Cn1cc(C(=O)O)nn1. The third-order valence-electron chi connectivity index (χ3n) is 2.24. The van der Waals surface area contributed by atoms with E-state index in [4.69, 9.17) is 10.8 Å². The van der Waals surface area contributed by atoms with Crippen molar-refractivity contribution in [3.63, 3.8) is 0 Å². The molecule has 0 bridgehead atoms. The third-order valence-corrected chi connectivity index (χ3v) is 2.24. The van der Waals surface area contributed by atoms with Gasteiger partial charge >= 0.3 is 5.97 Å². The number of hydrogen-bond acceptors (Lipinski definition) is 5. The zero-order valence-corrected chi connectivity index (χ0v) is 10.2. The van der Waals surface area contributed by atoms with Crippen LogP contribution in [0.1, 0.15) is 29.8 Å². The Hall–Kier alpha value is -2.45. The second-order valence-electron chi connectivity index (χ2n) is 3.88. The summed E-state index contributed by atoms with van der Waals surface area (Å²) >= 11 is 0. The van der Waals surface area contributed by atoms with Crippen LogP contribution in [0, 0.1) is 0 Å². The van der Waals surface area contributed by atoms with Gasteiger partial charge in [-0.3, -0.25) is 9.59 Å². The molecule has 104 valence electrons. The summed E-state index contributed by atoms with van der Waals surface area (Å²) in [6.07, 6.45) is 2.73. The van der Waals surface area contributed by atoms with Gasteiger partial charge in [-0.2, -0.15) is 0 Å². The van der Waals surface area contributed by atoms with Gasteiger partial charge in [-0.05, 0) is 12.8 Å². The summed E-state index contributed by atoms with van der Waals surface area (Å²) in [6.45, 7) is 0.322. The van der Waals surface area contributed by atoms with E-state index >= 15 is 0 Å². The quantitative estimate of drug-likeness (QED) is 0.503. The summed E-state index contributed by atoms with van der Waals surface area (Å²) in [5.74, 6) is -1.87. The van der Waals surface area contributed by atoms with Crippen LogP contribution in [0.5, 0.6) is 0 Å². The average molecular weight is 269 g/mol. The molecular formula is C10H15N5O4. The van der Waals surface area contributed by atoms with Gasteiger partial charge in [-0.25, -0.2) is 9.48 Å². The zero-order valence-electron chi connectivity index (χ0n) is 10.2. The van der Waals surface area contributed by atoms with E-state index in [1.165, 1.54) is 6.20 Å². The molecule has 0 saturated carbocycles. The van der Waals surface area contributed by atoms with E-state index in [1.54, 1.807) is 0 Å². The molecule has 1 aromatic rings. The minimum Gasteiger partial charge on any atom is -0.476 e. The van der Waals surface area contributed by atoms with E-state index < -0.39 is 5.97 Å². The Morgan fingerprint density at radius 3 is 2.68 bits per heavy atom. The van der Waals surface area contributed by atoms with Gasteiger partial charge in [0.05, 0.1) is 6.20 Å².